The Kier molecular flexibility index (Phi) is 2.26. The average Bonchev–Trinajstić information content (AvgIpc) is 2.79. The molecule has 0 aliphatic heterocycles. The van der Waals surface area contributed by atoms with Gasteiger partial charge in [-0.3, -0.25) is 4.79 Å². The minimum atomic E-state index is -3.17. The molecule has 19 heavy (non-hydrogen) atoms. The summed E-state index contributed by atoms with van der Waals surface area (Å²) in [4.78, 5) is 11.1. The lowest BCUT2D eigenvalue weighted by atomic mass is 9.95. The van der Waals surface area contributed by atoms with Crippen LogP contribution in [-0.2, 0) is 10.2 Å². The van der Waals surface area contributed by atoms with Gasteiger partial charge in [0.25, 0.3) is 5.92 Å². The van der Waals surface area contributed by atoms with E-state index in [1.54, 1.807) is 35.3 Å². The number of benzene rings is 1. The molecular formula is C13H10F2N2O2. The Labute approximate surface area is 107 Å². The van der Waals surface area contributed by atoms with E-state index in [0.717, 1.165) is 0 Å². The number of hydrogen-bond donors (Lipinski definition) is 1. The van der Waals surface area contributed by atoms with Gasteiger partial charge in [-0.1, -0.05) is 12.1 Å². The Balaban J connectivity index is 1.98. The summed E-state index contributed by atoms with van der Waals surface area (Å²) in [6, 6.07) is 7.75. The molecule has 4 nitrogen and oxygen atoms in total. The lowest BCUT2D eigenvalue weighted by Crippen LogP contribution is -2.27. The Morgan fingerprint density at radius 3 is 2.37 bits per heavy atom. The molecule has 98 valence electrons. The summed E-state index contributed by atoms with van der Waals surface area (Å²) in [5.74, 6) is -4.66. The number of nitrogens with zero attached hydrogens (tertiary/aromatic N) is 2. The highest BCUT2D eigenvalue weighted by Gasteiger charge is 2.77. The summed E-state index contributed by atoms with van der Waals surface area (Å²) in [6.45, 7) is 0. The van der Waals surface area contributed by atoms with E-state index in [4.69, 9.17) is 5.11 Å². The van der Waals surface area contributed by atoms with Gasteiger partial charge in [0.15, 0.2) is 5.41 Å². The van der Waals surface area contributed by atoms with Gasteiger partial charge in [-0.05, 0) is 23.8 Å². The van der Waals surface area contributed by atoms with Crippen LogP contribution in [0.4, 0.5) is 8.78 Å². The molecule has 1 N–H and O–H groups in total. The van der Waals surface area contributed by atoms with Gasteiger partial charge in [0, 0.05) is 18.8 Å². The van der Waals surface area contributed by atoms with Crippen molar-refractivity contribution in [3.8, 4) is 5.69 Å². The molecule has 2 aromatic rings. The summed E-state index contributed by atoms with van der Waals surface area (Å²) in [6.07, 6.45) is 2.67. The Hall–Kier alpha value is -2.24. The molecule has 0 spiro atoms. The fourth-order valence-corrected chi connectivity index (χ4v) is 2.28. The van der Waals surface area contributed by atoms with Gasteiger partial charge in [0.05, 0.1) is 5.69 Å². The summed E-state index contributed by atoms with van der Waals surface area (Å²) in [5.41, 5.74) is -1.24. The predicted octanol–water partition coefficient (Wildman–Crippen LogP) is 2.23. The first kappa shape index (κ1) is 11.8. The second-order valence-electron chi connectivity index (χ2n) is 4.59. The van der Waals surface area contributed by atoms with Crippen molar-refractivity contribution in [3.05, 3.63) is 48.3 Å². The zero-order chi connectivity index (χ0) is 13.7. The number of halogens is 2. The zero-order valence-electron chi connectivity index (χ0n) is 9.75. The smallest absolute Gasteiger partial charge is 0.320 e. The van der Waals surface area contributed by atoms with E-state index in [-0.39, 0.29) is 5.56 Å². The van der Waals surface area contributed by atoms with E-state index in [1.807, 2.05) is 0 Å². The van der Waals surface area contributed by atoms with Crippen molar-refractivity contribution in [2.45, 2.75) is 17.8 Å². The highest BCUT2D eigenvalue weighted by atomic mass is 19.3. The van der Waals surface area contributed by atoms with E-state index >= 15 is 0 Å². The highest BCUT2D eigenvalue weighted by Crippen LogP contribution is 2.61. The number of carboxylic acids is 1. The van der Waals surface area contributed by atoms with Gasteiger partial charge in [-0.25, -0.2) is 13.5 Å². The molecule has 3 rings (SSSR count). The van der Waals surface area contributed by atoms with Crippen molar-refractivity contribution in [2.24, 2.45) is 0 Å². The first-order valence-corrected chi connectivity index (χ1v) is 5.69. The number of aliphatic carboxylic acids is 1. The molecule has 1 heterocycles. The third-order valence-electron chi connectivity index (χ3n) is 3.48. The molecule has 1 aliphatic rings. The van der Waals surface area contributed by atoms with E-state index in [9.17, 15) is 13.6 Å². The Bertz CT molecular complexity index is 623. The standard InChI is InChI=1S/C13H10F2N2O2/c14-13(15)8-12(13,11(18)19)9-2-4-10(5-3-9)17-7-1-6-16-17/h1-7H,8H2,(H,18,19). The van der Waals surface area contributed by atoms with Crippen molar-refractivity contribution >= 4 is 5.97 Å². The van der Waals surface area contributed by atoms with Crippen LogP contribution in [0.1, 0.15) is 12.0 Å². The number of alkyl halides is 2. The lowest BCUT2D eigenvalue weighted by Gasteiger charge is -2.12. The van der Waals surface area contributed by atoms with Crippen molar-refractivity contribution in [1.82, 2.24) is 9.78 Å². The highest BCUT2D eigenvalue weighted by molar-refractivity contribution is 5.87. The number of rotatable bonds is 3. The molecule has 0 radical (unpaired) electrons. The SMILES string of the molecule is O=C(O)C1(c2ccc(-n3cccn3)cc2)CC1(F)F. The van der Waals surface area contributed by atoms with Crippen LogP contribution in [0.3, 0.4) is 0 Å². The van der Waals surface area contributed by atoms with Crippen LogP contribution in [0.5, 0.6) is 0 Å². The van der Waals surface area contributed by atoms with E-state index in [1.165, 1.54) is 12.1 Å². The van der Waals surface area contributed by atoms with Gasteiger partial charge in [0.1, 0.15) is 0 Å². The van der Waals surface area contributed by atoms with Crippen LogP contribution in [-0.4, -0.2) is 26.8 Å². The number of aromatic nitrogens is 2. The molecule has 1 saturated carbocycles. The minimum Gasteiger partial charge on any atom is -0.480 e. The Morgan fingerprint density at radius 1 is 1.32 bits per heavy atom. The quantitative estimate of drug-likeness (QED) is 0.924. The molecule has 1 fully saturated rings. The molecule has 0 saturated heterocycles. The van der Waals surface area contributed by atoms with Crippen molar-refractivity contribution in [1.29, 1.82) is 0 Å². The fourth-order valence-electron chi connectivity index (χ4n) is 2.28. The molecule has 0 bridgehead atoms. The second kappa shape index (κ2) is 3.63. The van der Waals surface area contributed by atoms with Gasteiger partial charge in [-0.15, -0.1) is 0 Å². The summed E-state index contributed by atoms with van der Waals surface area (Å²) in [5, 5.41) is 13.1. The fraction of sp³-hybridized carbons (Fsp3) is 0.231. The molecular weight excluding hydrogens is 254 g/mol. The first-order valence-electron chi connectivity index (χ1n) is 5.69. The molecule has 1 atom stereocenters. The maximum absolute atomic E-state index is 13.4. The van der Waals surface area contributed by atoms with Crippen LogP contribution in [0.25, 0.3) is 5.69 Å². The molecule has 1 aliphatic carbocycles. The van der Waals surface area contributed by atoms with E-state index < -0.39 is 23.7 Å². The molecule has 0 amide bonds. The summed E-state index contributed by atoms with van der Waals surface area (Å²) < 4.78 is 28.3. The summed E-state index contributed by atoms with van der Waals surface area (Å²) in [7, 11) is 0. The third kappa shape index (κ3) is 1.56. The van der Waals surface area contributed by atoms with Crippen molar-refractivity contribution in [3.63, 3.8) is 0 Å². The van der Waals surface area contributed by atoms with E-state index in [2.05, 4.69) is 5.10 Å². The Morgan fingerprint density at radius 2 is 1.95 bits per heavy atom. The topological polar surface area (TPSA) is 55.1 Å². The van der Waals surface area contributed by atoms with Crippen LogP contribution < -0.4 is 0 Å². The molecule has 1 aromatic carbocycles. The van der Waals surface area contributed by atoms with Crippen LogP contribution in [0.15, 0.2) is 42.7 Å². The van der Waals surface area contributed by atoms with Crippen LogP contribution in [0, 0.1) is 0 Å². The second-order valence-corrected chi connectivity index (χ2v) is 4.59. The van der Waals surface area contributed by atoms with Crippen LogP contribution in [0.2, 0.25) is 0 Å². The van der Waals surface area contributed by atoms with Gasteiger partial charge in [-0.2, -0.15) is 5.10 Å². The van der Waals surface area contributed by atoms with Crippen molar-refractivity contribution < 1.29 is 18.7 Å². The van der Waals surface area contributed by atoms with Crippen molar-refractivity contribution in [2.75, 3.05) is 0 Å². The van der Waals surface area contributed by atoms with Gasteiger partial charge >= 0.3 is 5.97 Å². The number of carboxylic acid groups (broad SMARTS) is 1. The van der Waals surface area contributed by atoms with Crippen LogP contribution >= 0.6 is 0 Å². The van der Waals surface area contributed by atoms with Gasteiger partial charge in [0.2, 0.25) is 0 Å². The largest absolute Gasteiger partial charge is 0.480 e. The first-order chi connectivity index (χ1) is 8.97. The van der Waals surface area contributed by atoms with E-state index in [0.29, 0.717) is 5.69 Å². The van der Waals surface area contributed by atoms with Gasteiger partial charge < -0.3 is 5.11 Å². The normalized spacial score (nSPS) is 24.1. The predicted molar refractivity (Wildman–Crippen MR) is 62.4 cm³/mol. The maximum Gasteiger partial charge on any atom is 0.320 e. The monoisotopic (exact) mass is 264 g/mol. The summed E-state index contributed by atoms with van der Waals surface area (Å²) >= 11 is 0. The third-order valence-corrected chi connectivity index (χ3v) is 3.48. The average molecular weight is 264 g/mol. The number of hydrogen-bond acceptors (Lipinski definition) is 2. The molecule has 6 heteroatoms. The molecule has 1 aromatic heterocycles. The number of carbonyl (C=O) groups is 1. The minimum absolute atomic E-state index is 0.126. The molecule has 1 unspecified atom stereocenters. The zero-order valence-corrected chi connectivity index (χ0v) is 9.75. The lowest BCUT2D eigenvalue weighted by molar-refractivity contribution is -0.142. The maximum atomic E-state index is 13.4.